The number of hydrogen-bond acceptors (Lipinski definition) is 3. The van der Waals surface area contributed by atoms with Crippen LogP contribution in [-0.4, -0.2) is 9.55 Å². The average molecular weight is 678 g/mol. The van der Waals surface area contributed by atoms with Gasteiger partial charge < -0.3 is 13.9 Å². The van der Waals surface area contributed by atoms with Crippen LogP contribution in [0, 0.1) is 0 Å². The Morgan fingerprint density at radius 1 is 0.453 bits per heavy atom. The van der Waals surface area contributed by atoms with Gasteiger partial charge in [-0.25, -0.2) is 0 Å². The van der Waals surface area contributed by atoms with Gasteiger partial charge in [0.05, 0.1) is 22.9 Å². The van der Waals surface area contributed by atoms with Crippen molar-refractivity contribution in [1.29, 1.82) is 0 Å². The van der Waals surface area contributed by atoms with E-state index in [0.29, 0.717) is 0 Å². The van der Waals surface area contributed by atoms with Gasteiger partial charge in [0.15, 0.2) is 5.58 Å². The molecule has 0 aliphatic carbocycles. The number of aromatic nitrogens is 2. The molecule has 0 bridgehead atoms. The highest BCUT2D eigenvalue weighted by molar-refractivity contribution is 6.21. The Labute approximate surface area is 305 Å². The van der Waals surface area contributed by atoms with Crippen molar-refractivity contribution in [2.45, 2.75) is 0 Å². The summed E-state index contributed by atoms with van der Waals surface area (Å²) in [5, 5.41) is 9.65. The van der Waals surface area contributed by atoms with Gasteiger partial charge in [-0.1, -0.05) is 109 Å². The average Bonchev–Trinajstić information content (AvgIpc) is 3.78. The van der Waals surface area contributed by atoms with Crippen LogP contribution in [0.15, 0.2) is 193 Å². The molecule has 11 aromatic rings. The summed E-state index contributed by atoms with van der Waals surface area (Å²) in [7, 11) is 0. The van der Waals surface area contributed by atoms with E-state index in [-0.39, 0.29) is 0 Å². The molecule has 0 atom stereocenters. The molecule has 0 aliphatic rings. The molecule has 4 heteroatoms. The molecule has 0 amide bonds. The van der Waals surface area contributed by atoms with E-state index in [1.54, 1.807) is 6.20 Å². The second-order valence-electron chi connectivity index (χ2n) is 13.6. The van der Waals surface area contributed by atoms with Gasteiger partial charge in [-0.2, -0.15) is 0 Å². The summed E-state index contributed by atoms with van der Waals surface area (Å²) in [5.74, 6) is 0. The normalized spacial score (nSPS) is 11.8. The van der Waals surface area contributed by atoms with E-state index in [2.05, 4.69) is 178 Å². The van der Waals surface area contributed by atoms with E-state index in [9.17, 15) is 0 Å². The summed E-state index contributed by atoms with van der Waals surface area (Å²) in [4.78, 5) is 6.65. The molecule has 0 unspecified atom stereocenters. The Hall–Kier alpha value is -7.17. The Bertz CT molecular complexity index is 3170. The maximum atomic E-state index is 6.16. The molecule has 0 fully saturated rings. The summed E-state index contributed by atoms with van der Waals surface area (Å²) < 4.78 is 8.56. The third kappa shape index (κ3) is 4.59. The summed E-state index contributed by atoms with van der Waals surface area (Å²) >= 11 is 0. The summed E-state index contributed by atoms with van der Waals surface area (Å²) in [5.41, 5.74) is 10.7. The molecule has 8 aromatic carbocycles. The molecule has 0 saturated heterocycles. The van der Waals surface area contributed by atoms with Crippen LogP contribution in [0.3, 0.4) is 0 Å². The van der Waals surface area contributed by atoms with Crippen LogP contribution < -0.4 is 4.90 Å². The number of para-hydroxylation sites is 1. The fourth-order valence-corrected chi connectivity index (χ4v) is 8.31. The SMILES string of the molecule is c1ccc2c(N(c3ccc(-c4cccc5oc6cnccc6c45)cc3)c3ccc(-n4c5ccccc5c5c6ccccc6ccc54)cc3)cccc2c1. The van der Waals surface area contributed by atoms with Gasteiger partial charge in [-0.15, -0.1) is 0 Å². The van der Waals surface area contributed by atoms with Crippen LogP contribution in [0.25, 0.3) is 82.1 Å². The molecule has 3 aromatic heterocycles. The van der Waals surface area contributed by atoms with Crippen molar-refractivity contribution >= 4 is 82.4 Å². The fraction of sp³-hybridized carbons (Fsp3) is 0. The Kier molecular flexibility index (Phi) is 6.52. The van der Waals surface area contributed by atoms with Crippen LogP contribution in [0.1, 0.15) is 0 Å². The zero-order chi connectivity index (χ0) is 34.9. The predicted molar refractivity (Wildman–Crippen MR) is 221 cm³/mol. The minimum atomic E-state index is 0.798. The number of hydrogen-bond donors (Lipinski definition) is 0. The van der Waals surface area contributed by atoms with Crippen LogP contribution in [0.4, 0.5) is 17.1 Å². The Balaban J connectivity index is 1.06. The van der Waals surface area contributed by atoms with Gasteiger partial charge in [-0.05, 0) is 94.0 Å². The molecule has 0 saturated carbocycles. The number of fused-ring (bicyclic) bond motifs is 9. The minimum absolute atomic E-state index is 0.798. The lowest BCUT2D eigenvalue weighted by Crippen LogP contribution is -2.10. The van der Waals surface area contributed by atoms with Crippen molar-refractivity contribution in [2.75, 3.05) is 4.90 Å². The van der Waals surface area contributed by atoms with Crippen molar-refractivity contribution < 1.29 is 4.42 Å². The van der Waals surface area contributed by atoms with E-state index >= 15 is 0 Å². The summed E-state index contributed by atoms with van der Waals surface area (Å²) in [6.07, 6.45) is 3.62. The first-order valence-corrected chi connectivity index (χ1v) is 18.0. The van der Waals surface area contributed by atoms with Crippen molar-refractivity contribution in [3.63, 3.8) is 0 Å². The molecule has 0 aliphatic heterocycles. The molecule has 0 N–H and O–H groups in total. The number of anilines is 3. The van der Waals surface area contributed by atoms with E-state index in [1.807, 2.05) is 18.3 Å². The molecule has 0 radical (unpaired) electrons. The van der Waals surface area contributed by atoms with E-state index < -0.39 is 0 Å². The monoisotopic (exact) mass is 677 g/mol. The molecule has 0 spiro atoms. The van der Waals surface area contributed by atoms with Crippen LogP contribution >= 0.6 is 0 Å². The lowest BCUT2D eigenvalue weighted by atomic mass is 9.99. The van der Waals surface area contributed by atoms with Crippen molar-refractivity contribution in [3.05, 3.63) is 188 Å². The van der Waals surface area contributed by atoms with Gasteiger partial charge in [0, 0.05) is 50.2 Å². The Morgan fingerprint density at radius 3 is 1.96 bits per heavy atom. The maximum Gasteiger partial charge on any atom is 0.153 e. The highest BCUT2D eigenvalue weighted by Crippen LogP contribution is 2.42. The number of benzene rings is 8. The van der Waals surface area contributed by atoms with E-state index in [4.69, 9.17) is 4.42 Å². The first-order valence-electron chi connectivity index (χ1n) is 18.0. The first-order chi connectivity index (χ1) is 26.3. The van der Waals surface area contributed by atoms with Gasteiger partial charge in [0.2, 0.25) is 0 Å². The lowest BCUT2D eigenvalue weighted by molar-refractivity contribution is 0.667. The van der Waals surface area contributed by atoms with Crippen molar-refractivity contribution in [3.8, 4) is 16.8 Å². The van der Waals surface area contributed by atoms with E-state index in [1.165, 1.54) is 43.4 Å². The third-order valence-electron chi connectivity index (χ3n) is 10.7. The zero-order valence-electron chi connectivity index (χ0n) is 28.6. The minimum Gasteiger partial charge on any atom is -0.454 e. The number of pyridine rings is 1. The first kappa shape index (κ1) is 29.5. The second-order valence-corrected chi connectivity index (χ2v) is 13.6. The molecule has 248 valence electrons. The quantitative estimate of drug-likeness (QED) is 0.182. The molecule has 11 rings (SSSR count). The van der Waals surface area contributed by atoms with Crippen LogP contribution in [0.5, 0.6) is 0 Å². The number of rotatable bonds is 5. The largest absolute Gasteiger partial charge is 0.454 e. The summed E-state index contributed by atoms with van der Waals surface area (Å²) in [6, 6.07) is 63.3. The smallest absolute Gasteiger partial charge is 0.153 e. The predicted octanol–water partition coefficient (Wildman–Crippen LogP) is 13.5. The molecule has 3 heterocycles. The van der Waals surface area contributed by atoms with Gasteiger partial charge in [0.1, 0.15) is 5.58 Å². The van der Waals surface area contributed by atoms with Crippen molar-refractivity contribution in [2.24, 2.45) is 0 Å². The second kappa shape index (κ2) is 11.7. The van der Waals surface area contributed by atoms with Crippen LogP contribution in [0.2, 0.25) is 0 Å². The Morgan fingerprint density at radius 2 is 1.13 bits per heavy atom. The molecule has 4 nitrogen and oxygen atoms in total. The number of nitrogens with zero attached hydrogens (tertiary/aromatic N) is 3. The zero-order valence-corrected chi connectivity index (χ0v) is 28.6. The highest BCUT2D eigenvalue weighted by atomic mass is 16.3. The summed E-state index contributed by atoms with van der Waals surface area (Å²) in [6.45, 7) is 0. The van der Waals surface area contributed by atoms with E-state index in [0.717, 1.165) is 55.8 Å². The van der Waals surface area contributed by atoms with Crippen molar-refractivity contribution in [1.82, 2.24) is 9.55 Å². The van der Waals surface area contributed by atoms with Gasteiger partial charge in [0.25, 0.3) is 0 Å². The third-order valence-corrected chi connectivity index (χ3v) is 10.7. The topological polar surface area (TPSA) is 34.2 Å². The van der Waals surface area contributed by atoms with Gasteiger partial charge in [-0.3, -0.25) is 4.98 Å². The highest BCUT2D eigenvalue weighted by Gasteiger charge is 2.19. The lowest BCUT2D eigenvalue weighted by Gasteiger charge is -2.27. The fourth-order valence-electron chi connectivity index (χ4n) is 8.31. The molecule has 53 heavy (non-hydrogen) atoms. The maximum absolute atomic E-state index is 6.16. The number of furan rings is 1. The van der Waals surface area contributed by atoms with Crippen LogP contribution in [-0.2, 0) is 0 Å². The molecular formula is C49H31N3O. The standard InChI is InChI=1S/C49H31N3O/c1-3-12-38-32(9-1)11-7-17-43(38)51(35-22-19-34(20-23-35)40-15-8-18-46-49(40)42-29-30-50-31-47(42)53-46)36-24-26-37(27-25-36)52-44-16-6-5-14-41(44)48-39-13-4-2-10-33(39)21-28-45(48)52/h1-31H. The molecular weight excluding hydrogens is 647 g/mol. The van der Waals surface area contributed by atoms with Gasteiger partial charge >= 0.3 is 0 Å².